The van der Waals surface area contributed by atoms with Gasteiger partial charge in [0.15, 0.2) is 11.6 Å². The first-order valence-electron chi connectivity index (χ1n) is 13.0. The number of Topliss-reactive ketones (excluding diaryl/α,β-unsaturated/α-hetero) is 2. The first-order valence-corrected chi connectivity index (χ1v) is 13.3. The zero-order chi connectivity index (χ0) is 28.4. The van der Waals surface area contributed by atoms with Crippen molar-refractivity contribution < 1.29 is 14.4 Å². The number of amides is 1. The molecule has 2 aromatic carbocycles. The fourth-order valence-corrected chi connectivity index (χ4v) is 5.32. The molecule has 0 fully saturated rings. The molecule has 4 aromatic rings. The maximum absolute atomic E-state index is 13.9. The van der Waals surface area contributed by atoms with Crippen molar-refractivity contribution in [2.24, 2.45) is 7.05 Å². The Balaban J connectivity index is 1.48. The number of hydrogen-bond donors (Lipinski definition) is 0. The Hall–Kier alpha value is -4.44. The van der Waals surface area contributed by atoms with Crippen molar-refractivity contribution in [1.29, 1.82) is 0 Å². The smallest absolute Gasteiger partial charge is 0.247 e. The van der Waals surface area contributed by atoms with Crippen LogP contribution in [0.15, 0.2) is 54.9 Å². The minimum atomic E-state index is -0.782. The average molecular weight is 558 g/mol. The fourth-order valence-electron chi connectivity index (χ4n) is 5.14. The Morgan fingerprint density at radius 1 is 1.12 bits per heavy atom. The van der Waals surface area contributed by atoms with Gasteiger partial charge in [0.05, 0.1) is 11.4 Å². The minimum Gasteiger partial charge on any atom is -0.324 e. The third-order valence-electron chi connectivity index (χ3n) is 7.11. The van der Waals surface area contributed by atoms with Gasteiger partial charge in [0.2, 0.25) is 5.91 Å². The standard InChI is InChI=1S/C29H28ClN7O3/c1-4-23-28-25(35(3)32-23)13-14-36(29(28)26(39)15-19-5-7-20(8-6-19)18(2)38)27(40)12-9-21-16-22(30)10-11-24(21)37-17-31-33-34-37/h5-12,16-17,29H,4,13-15H2,1-3H3/b12-9+. The number of rotatable bonds is 8. The predicted octanol–water partition coefficient (Wildman–Crippen LogP) is 3.77. The quantitative estimate of drug-likeness (QED) is 0.239. The highest BCUT2D eigenvalue weighted by atomic mass is 35.5. The van der Waals surface area contributed by atoms with E-state index in [-0.39, 0.29) is 23.9 Å². The molecular weight excluding hydrogens is 530 g/mol. The van der Waals surface area contributed by atoms with Crippen LogP contribution in [0.25, 0.3) is 11.8 Å². The summed E-state index contributed by atoms with van der Waals surface area (Å²) < 4.78 is 3.30. The monoisotopic (exact) mass is 557 g/mol. The number of nitrogens with zero attached hydrogens (tertiary/aromatic N) is 7. The largest absolute Gasteiger partial charge is 0.324 e. The van der Waals surface area contributed by atoms with E-state index in [0.717, 1.165) is 22.5 Å². The molecule has 204 valence electrons. The van der Waals surface area contributed by atoms with Gasteiger partial charge in [-0.3, -0.25) is 19.1 Å². The molecule has 0 saturated carbocycles. The zero-order valence-corrected chi connectivity index (χ0v) is 23.2. The SMILES string of the molecule is CCc1nn(C)c2c1C(C(=O)Cc1ccc(C(C)=O)cc1)N(C(=O)/C=C/c1cc(Cl)ccc1-n1cnnn1)CC2. The zero-order valence-electron chi connectivity index (χ0n) is 22.4. The van der Waals surface area contributed by atoms with Crippen LogP contribution in [0.2, 0.25) is 5.02 Å². The summed E-state index contributed by atoms with van der Waals surface area (Å²) in [5.41, 5.74) is 5.24. The molecule has 5 rings (SSSR count). The van der Waals surface area contributed by atoms with Gasteiger partial charge in [-0.1, -0.05) is 42.8 Å². The first kappa shape index (κ1) is 27.1. The van der Waals surface area contributed by atoms with Crippen LogP contribution in [-0.4, -0.2) is 58.9 Å². The van der Waals surface area contributed by atoms with Crippen LogP contribution in [0.3, 0.4) is 0 Å². The van der Waals surface area contributed by atoms with Crippen LogP contribution >= 0.6 is 11.6 Å². The van der Waals surface area contributed by atoms with Crippen molar-refractivity contribution in [3.05, 3.63) is 93.5 Å². The molecule has 1 amide bonds. The van der Waals surface area contributed by atoms with E-state index in [2.05, 4.69) is 20.6 Å². The van der Waals surface area contributed by atoms with Gasteiger partial charge < -0.3 is 4.90 Å². The van der Waals surface area contributed by atoms with Crippen LogP contribution in [0.5, 0.6) is 0 Å². The second-order valence-corrected chi connectivity index (χ2v) is 10.1. The second-order valence-electron chi connectivity index (χ2n) is 9.66. The van der Waals surface area contributed by atoms with Crippen molar-refractivity contribution in [2.45, 2.75) is 39.2 Å². The van der Waals surface area contributed by atoms with Crippen molar-refractivity contribution in [1.82, 2.24) is 34.9 Å². The third kappa shape index (κ3) is 5.35. The molecular formula is C29H28ClN7O3. The molecule has 3 heterocycles. The van der Waals surface area contributed by atoms with Crippen LogP contribution in [-0.2, 0) is 35.9 Å². The normalized spacial score (nSPS) is 14.9. The Bertz CT molecular complexity index is 1610. The summed E-state index contributed by atoms with van der Waals surface area (Å²) in [6.07, 6.45) is 5.91. The van der Waals surface area contributed by atoms with Crippen molar-refractivity contribution in [2.75, 3.05) is 6.54 Å². The Labute approximate surface area is 236 Å². The molecule has 11 heteroatoms. The van der Waals surface area contributed by atoms with Gasteiger partial charge in [-0.05, 0) is 53.6 Å². The number of hydrogen-bond acceptors (Lipinski definition) is 7. The summed E-state index contributed by atoms with van der Waals surface area (Å²) in [4.78, 5) is 40.9. The highest BCUT2D eigenvalue weighted by Crippen LogP contribution is 2.34. The molecule has 1 unspecified atom stereocenters. The molecule has 2 aromatic heterocycles. The minimum absolute atomic E-state index is 0.0377. The molecule has 1 aliphatic heterocycles. The van der Waals surface area contributed by atoms with Gasteiger partial charge >= 0.3 is 0 Å². The predicted molar refractivity (Wildman–Crippen MR) is 149 cm³/mol. The third-order valence-corrected chi connectivity index (χ3v) is 7.35. The van der Waals surface area contributed by atoms with E-state index in [1.807, 2.05) is 18.7 Å². The molecule has 0 spiro atoms. The number of fused-ring (bicyclic) bond motifs is 1. The summed E-state index contributed by atoms with van der Waals surface area (Å²) >= 11 is 6.24. The van der Waals surface area contributed by atoms with Crippen LogP contribution in [0.1, 0.15) is 58.3 Å². The van der Waals surface area contributed by atoms with Gasteiger partial charge in [0.1, 0.15) is 12.4 Å². The lowest BCUT2D eigenvalue weighted by atomic mass is 9.89. The molecule has 0 saturated heterocycles. The molecule has 1 aliphatic rings. The van der Waals surface area contributed by atoms with Crippen molar-refractivity contribution in [3.63, 3.8) is 0 Å². The highest BCUT2D eigenvalue weighted by Gasteiger charge is 2.38. The van der Waals surface area contributed by atoms with Crippen LogP contribution in [0.4, 0.5) is 0 Å². The molecule has 10 nitrogen and oxygen atoms in total. The maximum Gasteiger partial charge on any atom is 0.247 e. The average Bonchev–Trinajstić information content (AvgIpc) is 3.59. The molecule has 0 bridgehead atoms. The topological polar surface area (TPSA) is 116 Å². The summed E-state index contributed by atoms with van der Waals surface area (Å²) in [6.45, 7) is 3.86. The van der Waals surface area contributed by atoms with Gasteiger partial charge in [0.25, 0.3) is 0 Å². The molecule has 0 aliphatic carbocycles. The maximum atomic E-state index is 13.9. The number of halogens is 1. The lowest BCUT2D eigenvalue weighted by Crippen LogP contribution is -2.43. The van der Waals surface area contributed by atoms with E-state index >= 15 is 0 Å². The van der Waals surface area contributed by atoms with Crippen LogP contribution < -0.4 is 0 Å². The van der Waals surface area contributed by atoms with E-state index < -0.39 is 6.04 Å². The number of aryl methyl sites for hydroxylation is 2. The van der Waals surface area contributed by atoms with E-state index in [0.29, 0.717) is 41.2 Å². The molecule has 0 N–H and O–H groups in total. The van der Waals surface area contributed by atoms with Gasteiger partial charge in [-0.25, -0.2) is 0 Å². The first-order chi connectivity index (χ1) is 19.3. The lowest BCUT2D eigenvalue weighted by molar-refractivity contribution is -0.136. The van der Waals surface area contributed by atoms with Gasteiger partial charge in [-0.15, -0.1) is 5.10 Å². The number of ketones is 2. The Kier molecular flexibility index (Phi) is 7.70. The van der Waals surface area contributed by atoms with E-state index in [9.17, 15) is 14.4 Å². The van der Waals surface area contributed by atoms with Crippen LogP contribution in [0, 0.1) is 0 Å². The number of carbonyl (C=O) groups is 3. The fraction of sp³-hybridized carbons (Fsp3) is 0.276. The number of carbonyl (C=O) groups excluding carboxylic acids is 3. The number of benzene rings is 2. The molecule has 40 heavy (non-hydrogen) atoms. The number of aromatic nitrogens is 6. The molecule has 1 atom stereocenters. The summed E-state index contributed by atoms with van der Waals surface area (Å²) in [7, 11) is 1.87. The second kappa shape index (κ2) is 11.4. The van der Waals surface area contributed by atoms with E-state index in [1.54, 1.807) is 53.4 Å². The number of tetrazole rings is 1. The molecule has 0 radical (unpaired) electrons. The Morgan fingerprint density at radius 3 is 2.58 bits per heavy atom. The van der Waals surface area contributed by atoms with Crippen molar-refractivity contribution in [3.8, 4) is 5.69 Å². The summed E-state index contributed by atoms with van der Waals surface area (Å²) in [6, 6.07) is 11.4. The van der Waals surface area contributed by atoms with E-state index in [4.69, 9.17) is 11.6 Å². The Morgan fingerprint density at radius 2 is 1.90 bits per heavy atom. The van der Waals surface area contributed by atoms with Gasteiger partial charge in [-0.2, -0.15) is 9.78 Å². The van der Waals surface area contributed by atoms with E-state index in [1.165, 1.54) is 24.0 Å². The summed E-state index contributed by atoms with van der Waals surface area (Å²) in [5.74, 6) is -0.452. The van der Waals surface area contributed by atoms with Gasteiger partial charge in [0, 0.05) is 59.9 Å². The highest BCUT2D eigenvalue weighted by molar-refractivity contribution is 6.30. The lowest BCUT2D eigenvalue weighted by Gasteiger charge is -2.35. The van der Waals surface area contributed by atoms with Crippen molar-refractivity contribution >= 4 is 35.2 Å². The summed E-state index contributed by atoms with van der Waals surface area (Å²) in [5, 5.41) is 16.5.